The van der Waals surface area contributed by atoms with E-state index in [4.69, 9.17) is 25.5 Å². The van der Waals surface area contributed by atoms with Crippen LogP contribution in [0.3, 0.4) is 0 Å². The van der Waals surface area contributed by atoms with Crippen LogP contribution in [0.2, 0.25) is 5.02 Å². The molecule has 1 unspecified atom stereocenters. The van der Waals surface area contributed by atoms with Crippen LogP contribution in [0.4, 0.5) is 5.13 Å². The molecule has 0 aliphatic carbocycles. The molecule has 0 bridgehead atoms. The quantitative estimate of drug-likeness (QED) is 0.420. The third kappa shape index (κ3) is 2.98. The maximum absolute atomic E-state index is 13.7. The van der Waals surface area contributed by atoms with Crippen LogP contribution in [0.15, 0.2) is 51.0 Å². The highest BCUT2D eigenvalue weighted by Gasteiger charge is 2.46. The standard InChI is InChI=1S/C23H17ClN2O5S/c1-11-10-32-23(25-11)26-18(13-5-4-6-16(29-2)20(13)30-3)17-19(27)14-9-12(24)7-8-15(14)31-21(17)22(26)28/h4-10,18H,1-3H3. The summed E-state index contributed by atoms with van der Waals surface area (Å²) in [6, 6.07) is 9.26. The molecule has 1 amide bonds. The van der Waals surface area contributed by atoms with Crippen LogP contribution in [0.1, 0.15) is 33.4 Å². The van der Waals surface area contributed by atoms with E-state index in [2.05, 4.69) is 4.98 Å². The Kier molecular flexibility index (Phi) is 4.91. The van der Waals surface area contributed by atoms with E-state index in [-0.39, 0.29) is 16.8 Å². The van der Waals surface area contributed by atoms with Crippen LogP contribution in [-0.2, 0) is 0 Å². The van der Waals surface area contributed by atoms with Crippen molar-refractivity contribution in [3.05, 3.63) is 79.6 Å². The molecule has 1 aliphatic heterocycles. The molecule has 3 heterocycles. The molecule has 0 saturated heterocycles. The van der Waals surface area contributed by atoms with Crippen LogP contribution >= 0.6 is 22.9 Å². The fraction of sp³-hybridized carbons (Fsp3) is 0.174. The minimum absolute atomic E-state index is 0.0208. The summed E-state index contributed by atoms with van der Waals surface area (Å²) in [6.07, 6.45) is 0. The van der Waals surface area contributed by atoms with E-state index < -0.39 is 11.9 Å². The molecule has 5 rings (SSSR count). The van der Waals surface area contributed by atoms with Crippen molar-refractivity contribution >= 4 is 44.9 Å². The average Bonchev–Trinajstić information content (AvgIpc) is 3.34. The number of hydrogen-bond donors (Lipinski definition) is 0. The van der Waals surface area contributed by atoms with Crippen LogP contribution in [0.5, 0.6) is 11.5 Å². The number of carbonyl (C=O) groups is 1. The van der Waals surface area contributed by atoms with Gasteiger partial charge in [0.15, 0.2) is 22.1 Å². The Hall–Kier alpha value is -3.36. The Morgan fingerprint density at radius 2 is 1.97 bits per heavy atom. The average molecular weight is 469 g/mol. The Morgan fingerprint density at radius 3 is 2.66 bits per heavy atom. The number of anilines is 1. The summed E-state index contributed by atoms with van der Waals surface area (Å²) >= 11 is 7.45. The number of aryl methyl sites for hydroxylation is 1. The predicted molar refractivity (Wildman–Crippen MR) is 123 cm³/mol. The Bertz CT molecular complexity index is 1440. The minimum atomic E-state index is -0.812. The van der Waals surface area contributed by atoms with E-state index in [1.807, 2.05) is 12.3 Å². The van der Waals surface area contributed by atoms with Crippen LogP contribution in [-0.4, -0.2) is 25.1 Å². The van der Waals surface area contributed by atoms with E-state index in [0.29, 0.717) is 38.2 Å². The van der Waals surface area contributed by atoms with Gasteiger partial charge in [0.25, 0.3) is 5.91 Å². The number of carbonyl (C=O) groups excluding carboxylic acids is 1. The molecule has 0 spiro atoms. The first-order valence-electron chi connectivity index (χ1n) is 9.67. The molecular weight excluding hydrogens is 452 g/mol. The molecule has 32 heavy (non-hydrogen) atoms. The third-order valence-electron chi connectivity index (χ3n) is 5.37. The molecule has 1 aliphatic rings. The second-order valence-corrected chi connectivity index (χ2v) is 8.52. The van der Waals surface area contributed by atoms with Crippen LogP contribution in [0, 0.1) is 6.92 Å². The lowest BCUT2D eigenvalue weighted by atomic mass is 9.97. The number of benzene rings is 2. The van der Waals surface area contributed by atoms with Gasteiger partial charge in [0, 0.05) is 16.0 Å². The monoisotopic (exact) mass is 468 g/mol. The largest absolute Gasteiger partial charge is 0.493 e. The van der Waals surface area contributed by atoms with Crippen molar-refractivity contribution in [1.82, 2.24) is 4.98 Å². The first-order valence-corrected chi connectivity index (χ1v) is 10.9. The summed E-state index contributed by atoms with van der Waals surface area (Å²) in [6.45, 7) is 1.84. The summed E-state index contributed by atoms with van der Waals surface area (Å²) in [5.41, 5.74) is 1.52. The highest BCUT2D eigenvalue weighted by molar-refractivity contribution is 7.14. The molecular formula is C23H17ClN2O5S. The molecule has 4 aromatic rings. The molecule has 1 atom stereocenters. The molecule has 162 valence electrons. The van der Waals surface area contributed by atoms with Crippen molar-refractivity contribution < 1.29 is 18.7 Å². The lowest BCUT2D eigenvalue weighted by molar-refractivity contribution is 0.0970. The number of halogens is 1. The van der Waals surface area contributed by atoms with E-state index in [0.717, 1.165) is 5.69 Å². The summed E-state index contributed by atoms with van der Waals surface area (Å²) < 4.78 is 17.0. The number of methoxy groups -OCH3 is 2. The lowest BCUT2D eigenvalue weighted by Crippen LogP contribution is -2.29. The van der Waals surface area contributed by atoms with Crippen molar-refractivity contribution in [1.29, 1.82) is 0 Å². The van der Waals surface area contributed by atoms with Gasteiger partial charge in [-0.05, 0) is 31.2 Å². The van der Waals surface area contributed by atoms with E-state index in [1.54, 1.807) is 36.4 Å². The van der Waals surface area contributed by atoms with Gasteiger partial charge in [-0.1, -0.05) is 23.7 Å². The second-order valence-electron chi connectivity index (χ2n) is 7.25. The van der Waals surface area contributed by atoms with Gasteiger partial charge in [0.2, 0.25) is 5.76 Å². The zero-order chi connectivity index (χ0) is 22.6. The first-order chi connectivity index (χ1) is 15.4. The maximum Gasteiger partial charge on any atom is 0.297 e. The highest BCUT2D eigenvalue weighted by Crippen LogP contribution is 2.46. The Balaban J connectivity index is 1.86. The van der Waals surface area contributed by atoms with E-state index >= 15 is 0 Å². The molecule has 0 saturated carbocycles. The molecule has 2 aromatic heterocycles. The minimum Gasteiger partial charge on any atom is -0.493 e. The fourth-order valence-electron chi connectivity index (χ4n) is 4.02. The topological polar surface area (TPSA) is 81.9 Å². The summed E-state index contributed by atoms with van der Waals surface area (Å²) in [4.78, 5) is 33.2. The zero-order valence-electron chi connectivity index (χ0n) is 17.3. The van der Waals surface area contributed by atoms with Gasteiger partial charge in [-0.2, -0.15) is 0 Å². The fourth-order valence-corrected chi connectivity index (χ4v) is 5.02. The molecule has 2 aromatic carbocycles. The van der Waals surface area contributed by atoms with Gasteiger partial charge >= 0.3 is 0 Å². The van der Waals surface area contributed by atoms with Gasteiger partial charge in [-0.3, -0.25) is 14.5 Å². The van der Waals surface area contributed by atoms with Gasteiger partial charge in [-0.25, -0.2) is 4.98 Å². The van der Waals surface area contributed by atoms with Gasteiger partial charge in [0.05, 0.1) is 30.9 Å². The van der Waals surface area contributed by atoms with Gasteiger partial charge < -0.3 is 13.9 Å². The first kappa shape index (κ1) is 20.5. The number of nitrogens with zero attached hydrogens (tertiary/aromatic N) is 2. The Labute approximate surface area is 191 Å². The number of para-hydroxylation sites is 1. The molecule has 9 heteroatoms. The highest BCUT2D eigenvalue weighted by atomic mass is 35.5. The summed E-state index contributed by atoms with van der Waals surface area (Å²) in [5.74, 6) is 0.435. The summed E-state index contributed by atoms with van der Waals surface area (Å²) in [5, 5.41) is 3.00. The normalized spacial score (nSPS) is 15.3. The maximum atomic E-state index is 13.7. The smallest absolute Gasteiger partial charge is 0.297 e. The number of aromatic nitrogens is 1. The molecule has 0 N–H and O–H groups in total. The number of ether oxygens (including phenoxy) is 2. The molecule has 7 nitrogen and oxygen atoms in total. The van der Waals surface area contributed by atoms with Crippen molar-refractivity contribution in [2.75, 3.05) is 19.1 Å². The van der Waals surface area contributed by atoms with Gasteiger partial charge in [0.1, 0.15) is 11.6 Å². The van der Waals surface area contributed by atoms with E-state index in [1.165, 1.54) is 30.5 Å². The Morgan fingerprint density at radius 1 is 1.16 bits per heavy atom. The molecule has 0 radical (unpaired) electrons. The van der Waals surface area contributed by atoms with Crippen molar-refractivity contribution in [2.45, 2.75) is 13.0 Å². The second kappa shape index (κ2) is 7.65. The van der Waals surface area contributed by atoms with Crippen molar-refractivity contribution in [2.24, 2.45) is 0 Å². The van der Waals surface area contributed by atoms with Gasteiger partial charge in [-0.15, -0.1) is 11.3 Å². The van der Waals surface area contributed by atoms with Crippen LogP contribution < -0.4 is 19.8 Å². The number of hydrogen-bond acceptors (Lipinski definition) is 7. The number of thiazole rings is 1. The number of amides is 1. The molecule has 0 fully saturated rings. The van der Waals surface area contributed by atoms with Crippen LogP contribution in [0.25, 0.3) is 11.0 Å². The number of rotatable bonds is 4. The predicted octanol–water partition coefficient (Wildman–Crippen LogP) is 4.98. The SMILES string of the molecule is COc1cccc(C2c3c(oc4ccc(Cl)cc4c3=O)C(=O)N2c2nc(C)cs2)c1OC. The zero-order valence-corrected chi connectivity index (χ0v) is 18.9. The third-order valence-corrected chi connectivity index (χ3v) is 6.57. The van der Waals surface area contributed by atoms with E-state index in [9.17, 15) is 9.59 Å². The van der Waals surface area contributed by atoms with Crippen molar-refractivity contribution in [3.8, 4) is 11.5 Å². The summed E-state index contributed by atoms with van der Waals surface area (Å²) in [7, 11) is 3.04. The number of fused-ring (bicyclic) bond motifs is 2. The van der Waals surface area contributed by atoms with Crippen molar-refractivity contribution in [3.63, 3.8) is 0 Å². The lowest BCUT2D eigenvalue weighted by Gasteiger charge is -2.24.